The summed E-state index contributed by atoms with van der Waals surface area (Å²) >= 11 is 0. The molecular weight excluding hydrogens is 665 g/mol. The molecule has 1 aromatic heterocycles. The summed E-state index contributed by atoms with van der Waals surface area (Å²) in [6.07, 6.45) is 4.50. The molecule has 10 aromatic rings. The summed E-state index contributed by atoms with van der Waals surface area (Å²) in [5.41, 5.74) is 14.7. The van der Waals surface area contributed by atoms with Gasteiger partial charge in [-0.25, -0.2) is 4.98 Å². The van der Waals surface area contributed by atoms with E-state index in [0.717, 1.165) is 41.0 Å². The third kappa shape index (κ3) is 5.29. The summed E-state index contributed by atoms with van der Waals surface area (Å²) in [7, 11) is 0. The van der Waals surface area contributed by atoms with Gasteiger partial charge in [0.15, 0.2) is 0 Å². The first-order valence-electron chi connectivity index (χ1n) is 19.2. The molecule has 9 aromatic carbocycles. The zero-order chi connectivity index (χ0) is 36.3. The van der Waals surface area contributed by atoms with Crippen molar-refractivity contribution in [1.29, 1.82) is 0 Å². The van der Waals surface area contributed by atoms with E-state index < -0.39 is 0 Å². The number of nitrogens with zero attached hydrogens (tertiary/aromatic N) is 2. The molecule has 0 fully saturated rings. The van der Waals surface area contributed by atoms with Crippen molar-refractivity contribution in [3.8, 4) is 39.3 Å². The van der Waals surface area contributed by atoms with Gasteiger partial charge in [-0.3, -0.25) is 4.57 Å². The zero-order valence-electron chi connectivity index (χ0n) is 30.3. The molecule has 2 nitrogen and oxygen atoms in total. The van der Waals surface area contributed by atoms with Crippen LogP contribution in [0.25, 0.3) is 94.3 Å². The average molecular weight is 701 g/mol. The van der Waals surface area contributed by atoms with Gasteiger partial charge in [-0.15, -0.1) is 0 Å². The Morgan fingerprint density at radius 1 is 0.418 bits per heavy atom. The third-order valence-electron chi connectivity index (χ3n) is 11.5. The molecule has 0 saturated heterocycles. The number of aryl methyl sites for hydroxylation is 1. The van der Waals surface area contributed by atoms with Crippen LogP contribution in [0.15, 0.2) is 188 Å². The van der Waals surface area contributed by atoms with Gasteiger partial charge in [0, 0.05) is 11.3 Å². The van der Waals surface area contributed by atoms with Gasteiger partial charge in [-0.1, -0.05) is 158 Å². The lowest BCUT2D eigenvalue weighted by Gasteiger charge is -2.23. The highest BCUT2D eigenvalue weighted by Gasteiger charge is 2.21. The molecule has 0 saturated carbocycles. The number of allylic oxidation sites excluding steroid dienone is 1. The van der Waals surface area contributed by atoms with E-state index in [2.05, 4.69) is 199 Å². The van der Waals surface area contributed by atoms with Gasteiger partial charge >= 0.3 is 0 Å². The molecule has 0 aliphatic heterocycles. The normalized spacial score (nSPS) is 12.7. The number of imidazole rings is 1. The summed E-state index contributed by atoms with van der Waals surface area (Å²) in [5.74, 6) is 0.939. The minimum absolute atomic E-state index is 0.939. The van der Waals surface area contributed by atoms with Crippen molar-refractivity contribution in [3.05, 3.63) is 205 Å². The Balaban J connectivity index is 1.11. The van der Waals surface area contributed by atoms with Crippen LogP contribution in [0.1, 0.15) is 23.1 Å². The summed E-state index contributed by atoms with van der Waals surface area (Å²) in [4.78, 5) is 5.12. The predicted octanol–water partition coefficient (Wildman–Crippen LogP) is 14.0. The summed E-state index contributed by atoms with van der Waals surface area (Å²) in [6.45, 7) is 0. The predicted molar refractivity (Wildman–Crippen MR) is 233 cm³/mol. The van der Waals surface area contributed by atoms with Crippen molar-refractivity contribution in [3.63, 3.8) is 0 Å². The van der Waals surface area contributed by atoms with Crippen molar-refractivity contribution in [1.82, 2.24) is 9.55 Å². The van der Waals surface area contributed by atoms with E-state index >= 15 is 0 Å². The van der Waals surface area contributed by atoms with Crippen LogP contribution in [0, 0.1) is 0 Å². The van der Waals surface area contributed by atoms with E-state index in [1.54, 1.807) is 0 Å². The maximum atomic E-state index is 5.12. The van der Waals surface area contributed by atoms with Gasteiger partial charge in [0.2, 0.25) is 0 Å². The third-order valence-corrected chi connectivity index (χ3v) is 11.5. The second-order valence-corrected chi connectivity index (χ2v) is 14.7. The molecule has 1 aliphatic rings. The minimum Gasteiger partial charge on any atom is -0.292 e. The van der Waals surface area contributed by atoms with Crippen molar-refractivity contribution in [2.75, 3.05) is 0 Å². The van der Waals surface area contributed by atoms with E-state index in [0.29, 0.717) is 0 Å². The molecule has 0 bridgehead atoms. The summed E-state index contributed by atoms with van der Waals surface area (Å²) < 4.78 is 2.27. The molecule has 0 atom stereocenters. The standard InChI is InChI=1S/C53H36N2/c1-2-16-44(17-3-1)55-50-21-11-10-20-49(50)54-53(55)38-26-22-37(23-27-38)41-30-31-47-48(34-41)52(43-29-25-36-13-5-7-15-40(36)33-43)46-19-9-8-18-45(46)51(47)42-28-24-35-12-4-6-14-39(35)32-42/h1-23,25-27,29-34H,24,28H2. The zero-order valence-corrected chi connectivity index (χ0v) is 30.3. The van der Waals surface area contributed by atoms with E-state index in [4.69, 9.17) is 4.98 Å². The number of benzene rings is 9. The number of hydrogen-bond donors (Lipinski definition) is 0. The fourth-order valence-corrected chi connectivity index (χ4v) is 8.86. The van der Waals surface area contributed by atoms with Crippen LogP contribution in [0.2, 0.25) is 0 Å². The molecule has 11 rings (SSSR count). The first kappa shape index (κ1) is 31.5. The van der Waals surface area contributed by atoms with E-state index in [1.807, 2.05) is 0 Å². The highest BCUT2D eigenvalue weighted by molar-refractivity contribution is 6.21. The van der Waals surface area contributed by atoms with E-state index in [-0.39, 0.29) is 0 Å². The number of hydrogen-bond acceptors (Lipinski definition) is 1. The molecular formula is C53H36N2. The highest BCUT2D eigenvalue weighted by Crippen LogP contribution is 2.46. The van der Waals surface area contributed by atoms with Crippen LogP contribution in [0.5, 0.6) is 0 Å². The van der Waals surface area contributed by atoms with Crippen LogP contribution in [-0.2, 0) is 6.42 Å². The Labute approximate surface area is 320 Å². The first-order valence-corrected chi connectivity index (χ1v) is 19.2. The summed E-state index contributed by atoms with van der Waals surface area (Å²) in [5, 5.41) is 7.67. The number of fused-ring (bicyclic) bond motifs is 5. The average Bonchev–Trinajstić information content (AvgIpc) is 3.65. The number of para-hydroxylation sites is 3. The maximum Gasteiger partial charge on any atom is 0.145 e. The minimum atomic E-state index is 0.939. The lowest BCUT2D eigenvalue weighted by Crippen LogP contribution is -2.01. The lowest BCUT2D eigenvalue weighted by atomic mass is 9.81. The van der Waals surface area contributed by atoms with Gasteiger partial charge in [-0.05, 0) is 126 Å². The quantitative estimate of drug-likeness (QED) is 0.163. The van der Waals surface area contributed by atoms with Gasteiger partial charge in [0.1, 0.15) is 5.82 Å². The largest absolute Gasteiger partial charge is 0.292 e. The van der Waals surface area contributed by atoms with Gasteiger partial charge in [-0.2, -0.15) is 0 Å². The van der Waals surface area contributed by atoms with Crippen LogP contribution in [-0.4, -0.2) is 9.55 Å². The van der Waals surface area contributed by atoms with Crippen molar-refractivity contribution in [2.24, 2.45) is 0 Å². The molecule has 258 valence electrons. The van der Waals surface area contributed by atoms with Gasteiger partial charge in [0.25, 0.3) is 0 Å². The fourth-order valence-electron chi connectivity index (χ4n) is 8.86. The van der Waals surface area contributed by atoms with Crippen LogP contribution in [0.3, 0.4) is 0 Å². The monoisotopic (exact) mass is 700 g/mol. The van der Waals surface area contributed by atoms with Gasteiger partial charge in [0.05, 0.1) is 11.0 Å². The molecule has 0 N–H and O–H groups in total. The highest BCUT2D eigenvalue weighted by atomic mass is 15.1. The van der Waals surface area contributed by atoms with Crippen LogP contribution < -0.4 is 0 Å². The topological polar surface area (TPSA) is 17.8 Å². The van der Waals surface area contributed by atoms with Crippen LogP contribution in [0.4, 0.5) is 0 Å². The second-order valence-electron chi connectivity index (χ2n) is 14.7. The molecule has 1 heterocycles. The fraction of sp³-hybridized carbons (Fsp3) is 0.0377. The first-order chi connectivity index (χ1) is 27.3. The van der Waals surface area contributed by atoms with E-state index in [1.165, 1.54) is 76.8 Å². The molecule has 2 heteroatoms. The molecule has 0 unspecified atom stereocenters. The van der Waals surface area contributed by atoms with Crippen molar-refractivity contribution >= 4 is 55.0 Å². The Morgan fingerprint density at radius 2 is 1.07 bits per heavy atom. The van der Waals surface area contributed by atoms with E-state index in [9.17, 15) is 0 Å². The van der Waals surface area contributed by atoms with Crippen molar-refractivity contribution < 1.29 is 0 Å². The van der Waals surface area contributed by atoms with Crippen molar-refractivity contribution in [2.45, 2.75) is 12.8 Å². The molecule has 1 aliphatic carbocycles. The molecule has 0 spiro atoms. The van der Waals surface area contributed by atoms with Crippen LogP contribution >= 0.6 is 0 Å². The molecule has 55 heavy (non-hydrogen) atoms. The Bertz CT molecular complexity index is 3130. The number of aromatic nitrogens is 2. The smallest absolute Gasteiger partial charge is 0.145 e. The lowest BCUT2D eigenvalue weighted by molar-refractivity contribution is 1.00. The number of rotatable bonds is 5. The molecule has 0 amide bonds. The Hall–Kier alpha value is -7.03. The summed E-state index contributed by atoms with van der Waals surface area (Å²) in [6, 6.07) is 68.5. The Kier molecular flexibility index (Phi) is 7.34. The maximum absolute atomic E-state index is 5.12. The SMILES string of the molecule is C1=C(c2c3ccccc3c(-c3ccc4ccccc4c3)c3cc(-c4ccc(-c5nc6ccccc6n5-c5ccccc5)cc4)ccc23)CCc2ccccc21. The molecule has 0 radical (unpaired) electrons. The van der Waals surface area contributed by atoms with Gasteiger partial charge < -0.3 is 0 Å². The Morgan fingerprint density at radius 3 is 1.95 bits per heavy atom. The second kappa shape index (κ2) is 12.8.